The number of rotatable bonds is 13. The van der Waals surface area contributed by atoms with E-state index < -0.39 is 24.2 Å². The molecule has 0 spiro atoms. The van der Waals surface area contributed by atoms with Crippen LogP contribution < -0.4 is 15.8 Å². The van der Waals surface area contributed by atoms with Crippen molar-refractivity contribution < 1.29 is 11.7 Å². The van der Waals surface area contributed by atoms with Crippen molar-refractivity contribution in [3.05, 3.63) is 47.5 Å². The summed E-state index contributed by atoms with van der Waals surface area (Å²) in [5, 5.41) is 3.18. The summed E-state index contributed by atoms with van der Waals surface area (Å²) >= 11 is 1.45. The summed E-state index contributed by atoms with van der Waals surface area (Å²) in [5.41, 5.74) is 0. The lowest BCUT2D eigenvalue weighted by atomic mass is 10.3. The van der Waals surface area contributed by atoms with Crippen LogP contribution in [-0.2, 0) is 0 Å². The molecule has 0 N–H and O–H groups in total. The third kappa shape index (κ3) is 7.52. The molecule has 0 aliphatic rings. The van der Waals surface area contributed by atoms with E-state index in [0.717, 1.165) is 5.30 Å². The van der Waals surface area contributed by atoms with Crippen LogP contribution in [-0.4, -0.2) is 8.07 Å². The second-order valence-corrected chi connectivity index (χ2v) is 15.9. The van der Waals surface area contributed by atoms with Crippen molar-refractivity contribution in [1.29, 1.82) is 0 Å². The van der Waals surface area contributed by atoms with Gasteiger partial charge in [-0.1, -0.05) is 133 Å². The van der Waals surface area contributed by atoms with Crippen molar-refractivity contribution in [1.82, 2.24) is 0 Å². The largest absolute Gasteiger partial charge is 0.238 e. The second kappa shape index (κ2) is 12.7. The lowest BCUT2D eigenvalue weighted by molar-refractivity contribution is 0.635. The van der Waals surface area contributed by atoms with Crippen LogP contribution >= 0.6 is 31.4 Å². The quantitative estimate of drug-likeness (QED) is 0.188. The maximum Gasteiger partial charge on any atom is 0.238 e. The molecule has 0 aliphatic carbocycles. The van der Waals surface area contributed by atoms with E-state index in [1.54, 1.807) is 12.1 Å². The third-order valence-corrected chi connectivity index (χ3v) is 14.4. The fourth-order valence-electron chi connectivity index (χ4n) is 4.22. The van der Waals surface area contributed by atoms with Gasteiger partial charge < -0.3 is 0 Å². The van der Waals surface area contributed by atoms with Crippen LogP contribution in [0.3, 0.4) is 0 Å². The van der Waals surface area contributed by atoms with Gasteiger partial charge >= 0.3 is 0 Å². The van der Waals surface area contributed by atoms with E-state index in [1.807, 2.05) is 6.07 Å². The number of halogens is 4. The first-order chi connectivity index (χ1) is 14.8. The molecular formula is C24H35ClF3PSSi. The summed E-state index contributed by atoms with van der Waals surface area (Å²) in [5.74, 6) is 0. The number of benzene rings is 2. The van der Waals surface area contributed by atoms with E-state index in [4.69, 9.17) is 11.6 Å². The number of hydrogen-bond acceptors (Lipinski definition) is 0. The minimum absolute atomic E-state index is 0.0850. The lowest BCUT2D eigenvalue weighted by Gasteiger charge is -2.33. The minimum atomic E-state index is -5.26. The smallest absolute Gasteiger partial charge is 0.120 e. The molecular weight excluding hydrogens is 472 g/mol. The molecule has 1 unspecified atom stereocenters. The predicted octanol–water partition coefficient (Wildman–Crippen LogP) is 8.84. The van der Waals surface area contributed by atoms with Gasteiger partial charge in [-0.3, -0.25) is 0 Å². The number of hydrogen-bond donors (Lipinski definition) is 0. The van der Waals surface area contributed by atoms with Crippen molar-refractivity contribution in [2.75, 3.05) is 0 Å². The summed E-state index contributed by atoms with van der Waals surface area (Å²) in [6.45, 7) is 6.74. The lowest BCUT2D eigenvalue weighted by Crippen LogP contribution is -2.47. The van der Waals surface area contributed by atoms with Crippen LogP contribution in [0.1, 0.15) is 59.3 Å². The van der Waals surface area contributed by atoms with E-state index in [2.05, 4.69) is 32.9 Å². The van der Waals surface area contributed by atoms with Crippen LogP contribution in [0.25, 0.3) is 0 Å². The fourth-order valence-corrected chi connectivity index (χ4v) is 12.3. The van der Waals surface area contributed by atoms with Gasteiger partial charge in [0.05, 0.1) is 13.0 Å². The van der Waals surface area contributed by atoms with E-state index in [1.165, 1.54) is 74.0 Å². The van der Waals surface area contributed by atoms with Crippen LogP contribution in [0.2, 0.25) is 23.2 Å². The topological polar surface area (TPSA) is 0 Å². The minimum Gasteiger partial charge on any atom is -0.120 e. The van der Waals surface area contributed by atoms with Crippen molar-refractivity contribution in [3.8, 4) is 0 Å². The Kier molecular flexibility index (Phi) is 10.9. The van der Waals surface area contributed by atoms with Crippen LogP contribution in [0, 0.1) is 0 Å². The Bertz CT molecular complexity index is 807. The average Bonchev–Trinajstić information content (AvgIpc) is 2.74. The van der Waals surface area contributed by atoms with Crippen LogP contribution in [0.15, 0.2) is 47.4 Å². The van der Waals surface area contributed by atoms with Gasteiger partial charge in [-0.2, -0.15) is 0 Å². The van der Waals surface area contributed by atoms with E-state index in [-0.39, 0.29) is 8.58 Å². The van der Waals surface area contributed by atoms with Gasteiger partial charge in [-0.05, 0) is 22.7 Å². The highest BCUT2D eigenvalue weighted by Gasteiger charge is 2.34. The molecule has 0 amide bonds. The molecule has 0 saturated carbocycles. The van der Waals surface area contributed by atoms with Gasteiger partial charge in [0.25, 0.3) is 0 Å². The first kappa shape index (κ1) is 26.8. The highest BCUT2D eigenvalue weighted by atomic mass is 35.5. The van der Waals surface area contributed by atoms with Crippen molar-refractivity contribution in [2.24, 2.45) is 0 Å². The van der Waals surface area contributed by atoms with E-state index in [9.17, 15) is 11.7 Å². The van der Waals surface area contributed by atoms with Gasteiger partial charge in [-0.15, -0.1) is 11.7 Å². The summed E-state index contributed by atoms with van der Waals surface area (Å²) in [6.07, 6.45) is 7.29. The number of unbranched alkanes of at least 4 members (excludes halogenated alkanes) is 3. The average molecular weight is 507 g/mol. The SMILES string of the molecule is CCCC[Si](CCCC)(CCCC)c1ccc(Pc2ccccc2S(F)(F)F)c(Cl)c1. The molecule has 2 aromatic carbocycles. The van der Waals surface area contributed by atoms with Gasteiger partial charge in [0.15, 0.2) is 0 Å². The molecule has 2 aromatic rings. The summed E-state index contributed by atoms with van der Waals surface area (Å²) in [4.78, 5) is -0.481. The van der Waals surface area contributed by atoms with Gasteiger partial charge in [0, 0.05) is 5.02 Å². The fraction of sp³-hybridized carbons (Fsp3) is 0.500. The summed E-state index contributed by atoms with van der Waals surface area (Å²) in [6, 6.07) is 16.1. The Labute approximate surface area is 196 Å². The molecule has 1 atom stereocenters. The van der Waals surface area contributed by atoms with Crippen LogP contribution in [0.4, 0.5) is 11.7 Å². The Morgan fingerprint density at radius 1 is 0.806 bits per heavy atom. The third-order valence-electron chi connectivity index (χ3n) is 6.01. The van der Waals surface area contributed by atoms with E-state index >= 15 is 0 Å². The maximum atomic E-state index is 13.5. The first-order valence-electron chi connectivity index (χ1n) is 11.4. The highest BCUT2D eigenvalue weighted by Crippen LogP contribution is 2.60. The Morgan fingerprint density at radius 2 is 1.35 bits per heavy atom. The standard InChI is InChI=1S/C24H35ClF3PSSi/c1-4-7-16-31(17-8-5-2,18-9-6-3)20-14-15-22(21(25)19-20)29-23-12-10-11-13-24(23)30(26,27)28/h10-15,19,29H,4-9,16-18H2,1-3H3. The molecule has 0 aromatic heterocycles. The summed E-state index contributed by atoms with van der Waals surface area (Å²) < 4.78 is 40.5. The highest BCUT2D eigenvalue weighted by molar-refractivity contribution is 8.21. The molecule has 0 saturated heterocycles. The molecule has 0 fully saturated rings. The molecule has 174 valence electrons. The zero-order valence-electron chi connectivity index (χ0n) is 18.8. The molecule has 0 nitrogen and oxygen atoms in total. The Hall–Kier alpha value is -0.483. The molecule has 0 heterocycles. The zero-order valence-corrected chi connectivity index (χ0v) is 22.4. The molecule has 31 heavy (non-hydrogen) atoms. The molecule has 0 aliphatic heterocycles. The van der Waals surface area contributed by atoms with Crippen molar-refractivity contribution in [3.63, 3.8) is 0 Å². The first-order valence-corrected chi connectivity index (χ1v) is 16.7. The molecule has 0 radical (unpaired) electrons. The molecule has 7 heteroatoms. The predicted molar refractivity (Wildman–Crippen MR) is 139 cm³/mol. The Morgan fingerprint density at radius 3 is 1.84 bits per heavy atom. The van der Waals surface area contributed by atoms with Crippen LogP contribution in [0.5, 0.6) is 0 Å². The Balaban J connectivity index is 2.39. The second-order valence-electron chi connectivity index (χ2n) is 8.31. The van der Waals surface area contributed by atoms with Gasteiger partial charge in [0.2, 0.25) is 11.2 Å². The normalized spacial score (nSPS) is 13.3. The monoisotopic (exact) mass is 506 g/mol. The summed E-state index contributed by atoms with van der Waals surface area (Å²) in [7, 11) is -1.76. The van der Waals surface area contributed by atoms with Crippen molar-refractivity contribution >= 4 is 55.2 Å². The van der Waals surface area contributed by atoms with E-state index in [0.29, 0.717) is 10.3 Å². The zero-order chi connectivity index (χ0) is 22.9. The molecule has 2 rings (SSSR count). The van der Waals surface area contributed by atoms with Gasteiger partial charge in [-0.25, -0.2) is 0 Å². The van der Waals surface area contributed by atoms with Gasteiger partial charge in [0.1, 0.15) is 0 Å². The molecule has 0 bridgehead atoms. The maximum absolute atomic E-state index is 13.5. The van der Waals surface area contributed by atoms with Crippen molar-refractivity contribution in [2.45, 2.75) is 82.3 Å².